The summed E-state index contributed by atoms with van der Waals surface area (Å²) < 4.78 is 0. The second kappa shape index (κ2) is 3.87. The fourth-order valence-electron chi connectivity index (χ4n) is 2.02. The van der Waals surface area contributed by atoms with E-state index in [4.69, 9.17) is 5.73 Å². The maximum Gasteiger partial charge on any atom is 0.236 e. The van der Waals surface area contributed by atoms with Crippen LogP contribution in [0.15, 0.2) is 0 Å². The molecule has 1 atom stereocenters. The van der Waals surface area contributed by atoms with Crippen molar-refractivity contribution < 1.29 is 4.79 Å². The van der Waals surface area contributed by atoms with E-state index in [1.165, 1.54) is 12.8 Å². The topological polar surface area (TPSA) is 49.6 Å². The van der Waals surface area contributed by atoms with Crippen LogP contribution < -0.4 is 5.73 Å². The van der Waals surface area contributed by atoms with Gasteiger partial charge >= 0.3 is 0 Å². The van der Waals surface area contributed by atoms with Crippen LogP contribution >= 0.6 is 0 Å². The Morgan fingerprint density at radius 1 is 1.50 bits per heavy atom. The quantitative estimate of drug-likeness (QED) is 0.672. The van der Waals surface area contributed by atoms with E-state index in [0.29, 0.717) is 19.1 Å². The number of nitrogens with two attached hydrogens (primary N) is 1. The van der Waals surface area contributed by atoms with Gasteiger partial charge in [0.25, 0.3) is 0 Å². The van der Waals surface area contributed by atoms with E-state index in [0.717, 1.165) is 13.1 Å². The van der Waals surface area contributed by atoms with Crippen LogP contribution in [0, 0.1) is 0 Å². The highest BCUT2D eigenvalue weighted by atomic mass is 16.2. The van der Waals surface area contributed by atoms with Crippen molar-refractivity contribution in [2.75, 3.05) is 26.2 Å². The SMILES string of the molecule is CC(N)CN1CCN(C2CC2)CC1=O. The summed E-state index contributed by atoms with van der Waals surface area (Å²) in [5.41, 5.74) is 5.68. The van der Waals surface area contributed by atoms with Crippen LogP contribution in [0.3, 0.4) is 0 Å². The number of rotatable bonds is 3. The molecule has 0 radical (unpaired) electrons. The van der Waals surface area contributed by atoms with Gasteiger partial charge in [0.2, 0.25) is 5.91 Å². The van der Waals surface area contributed by atoms with Crippen molar-refractivity contribution in [1.82, 2.24) is 9.80 Å². The Hall–Kier alpha value is -0.610. The lowest BCUT2D eigenvalue weighted by Crippen LogP contribution is -2.53. The molecule has 4 heteroatoms. The lowest BCUT2D eigenvalue weighted by atomic mass is 10.2. The molecular formula is C10H19N3O. The van der Waals surface area contributed by atoms with E-state index in [9.17, 15) is 4.79 Å². The molecule has 1 heterocycles. The number of hydrogen-bond acceptors (Lipinski definition) is 3. The molecule has 1 saturated heterocycles. The van der Waals surface area contributed by atoms with Crippen molar-refractivity contribution >= 4 is 5.91 Å². The first-order valence-electron chi connectivity index (χ1n) is 5.44. The molecule has 0 spiro atoms. The van der Waals surface area contributed by atoms with Crippen molar-refractivity contribution in [2.45, 2.75) is 31.8 Å². The minimum absolute atomic E-state index is 0.0893. The molecule has 0 aromatic carbocycles. The molecule has 0 bridgehead atoms. The highest BCUT2D eigenvalue weighted by Crippen LogP contribution is 2.27. The Balaban J connectivity index is 1.83. The van der Waals surface area contributed by atoms with Crippen molar-refractivity contribution in [3.8, 4) is 0 Å². The lowest BCUT2D eigenvalue weighted by Gasteiger charge is -2.35. The monoisotopic (exact) mass is 197 g/mol. The zero-order valence-electron chi connectivity index (χ0n) is 8.78. The predicted molar refractivity (Wildman–Crippen MR) is 54.8 cm³/mol. The van der Waals surface area contributed by atoms with Gasteiger partial charge in [0, 0.05) is 31.7 Å². The Bertz CT molecular complexity index is 225. The molecule has 80 valence electrons. The smallest absolute Gasteiger partial charge is 0.236 e. The number of piperazine rings is 1. The van der Waals surface area contributed by atoms with E-state index < -0.39 is 0 Å². The van der Waals surface area contributed by atoms with Gasteiger partial charge in [-0.25, -0.2) is 0 Å². The number of hydrogen-bond donors (Lipinski definition) is 1. The number of carbonyl (C=O) groups is 1. The molecule has 1 aliphatic carbocycles. The standard InChI is InChI=1S/C10H19N3O/c1-8(11)6-13-5-4-12(7-10(13)14)9-2-3-9/h8-9H,2-7,11H2,1H3. The summed E-state index contributed by atoms with van der Waals surface area (Å²) in [5, 5.41) is 0. The van der Waals surface area contributed by atoms with Gasteiger partial charge in [-0.3, -0.25) is 9.69 Å². The minimum atomic E-state index is 0.0893. The highest BCUT2D eigenvalue weighted by molar-refractivity contribution is 5.79. The molecular weight excluding hydrogens is 178 g/mol. The second-order valence-electron chi connectivity index (χ2n) is 4.52. The molecule has 0 aromatic rings. The average molecular weight is 197 g/mol. The number of amides is 1. The third-order valence-electron chi connectivity index (χ3n) is 2.92. The molecule has 2 N–H and O–H groups in total. The molecule has 1 aliphatic heterocycles. The van der Waals surface area contributed by atoms with Crippen LogP contribution in [0.5, 0.6) is 0 Å². The van der Waals surface area contributed by atoms with Crippen LogP contribution in [0.25, 0.3) is 0 Å². The van der Waals surface area contributed by atoms with E-state index in [-0.39, 0.29) is 11.9 Å². The van der Waals surface area contributed by atoms with Crippen molar-refractivity contribution in [1.29, 1.82) is 0 Å². The summed E-state index contributed by atoms with van der Waals surface area (Å²) in [6.07, 6.45) is 2.56. The van der Waals surface area contributed by atoms with Gasteiger partial charge in [-0.05, 0) is 19.8 Å². The Morgan fingerprint density at radius 2 is 2.21 bits per heavy atom. The Kier molecular flexibility index (Phi) is 2.74. The highest BCUT2D eigenvalue weighted by Gasteiger charge is 2.34. The van der Waals surface area contributed by atoms with E-state index in [1.807, 2.05) is 11.8 Å². The molecule has 1 unspecified atom stereocenters. The molecule has 2 rings (SSSR count). The summed E-state index contributed by atoms with van der Waals surface area (Å²) in [6, 6.07) is 0.794. The van der Waals surface area contributed by atoms with Gasteiger partial charge in [-0.1, -0.05) is 0 Å². The maximum atomic E-state index is 11.7. The first kappa shape index (κ1) is 9.93. The van der Waals surface area contributed by atoms with Crippen LogP contribution in [-0.2, 0) is 4.79 Å². The van der Waals surface area contributed by atoms with Crippen LogP contribution in [0.1, 0.15) is 19.8 Å². The summed E-state index contributed by atoms with van der Waals surface area (Å²) in [5.74, 6) is 0.250. The van der Waals surface area contributed by atoms with E-state index >= 15 is 0 Å². The van der Waals surface area contributed by atoms with Crippen molar-refractivity contribution in [2.24, 2.45) is 5.73 Å². The molecule has 14 heavy (non-hydrogen) atoms. The molecule has 4 nitrogen and oxygen atoms in total. The van der Waals surface area contributed by atoms with Crippen molar-refractivity contribution in [3.05, 3.63) is 0 Å². The average Bonchev–Trinajstić information content (AvgIpc) is 2.90. The van der Waals surface area contributed by atoms with Gasteiger partial charge in [0.15, 0.2) is 0 Å². The summed E-state index contributed by atoms with van der Waals surface area (Å²) in [4.78, 5) is 15.9. The van der Waals surface area contributed by atoms with Crippen LogP contribution in [-0.4, -0.2) is 54.0 Å². The maximum absolute atomic E-state index is 11.7. The summed E-state index contributed by atoms with van der Waals surface area (Å²) in [7, 11) is 0. The Labute approximate surface area is 85.0 Å². The first-order chi connectivity index (χ1) is 6.66. The lowest BCUT2D eigenvalue weighted by molar-refractivity contribution is -0.136. The summed E-state index contributed by atoms with van der Waals surface area (Å²) in [6.45, 7) is 5.15. The molecule has 0 aromatic heterocycles. The van der Waals surface area contributed by atoms with E-state index in [2.05, 4.69) is 4.90 Å². The van der Waals surface area contributed by atoms with Crippen LogP contribution in [0.2, 0.25) is 0 Å². The fourth-order valence-corrected chi connectivity index (χ4v) is 2.02. The van der Waals surface area contributed by atoms with Gasteiger partial charge in [0.05, 0.1) is 6.54 Å². The van der Waals surface area contributed by atoms with Crippen LogP contribution in [0.4, 0.5) is 0 Å². The normalized spacial score (nSPS) is 26.7. The minimum Gasteiger partial charge on any atom is -0.339 e. The molecule has 2 fully saturated rings. The van der Waals surface area contributed by atoms with Gasteiger partial charge in [-0.2, -0.15) is 0 Å². The van der Waals surface area contributed by atoms with E-state index in [1.54, 1.807) is 0 Å². The third-order valence-corrected chi connectivity index (χ3v) is 2.92. The van der Waals surface area contributed by atoms with Gasteiger partial charge in [0.1, 0.15) is 0 Å². The first-order valence-corrected chi connectivity index (χ1v) is 5.44. The molecule has 2 aliphatic rings. The largest absolute Gasteiger partial charge is 0.339 e. The predicted octanol–water partition coefficient (Wildman–Crippen LogP) is -0.360. The van der Waals surface area contributed by atoms with Crippen molar-refractivity contribution in [3.63, 3.8) is 0 Å². The number of nitrogens with zero attached hydrogens (tertiary/aromatic N) is 2. The zero-order valence-corrected chi connectivity index (χ0v) is 8.78. The zero-order chi connectivity index (χ0) is 10.1. The summed E-state index contributed by atoms with van der Waals surface area (Å²) >= 11 is 0. The molecule has 1 saturated carbocycles. The Morgan fingerprint density at radius 3 is 2.71 bits per heavy atom. The van der Waals surface area contributed by atoms with Gasteiger partial charge in [-0.15, -0.1) is 0 Å². The second-order valence-corrected chi connectivity index (χ2v) is 4.52. The number of carbonyl (C=O) groups excluding carboxylic acids is 1. The molecule has 1 amide bonds. The fraction of sp³-hybridized carbons (Fsp3) is 0.900. The van der Waals surface area contributed by atoms with Gasteiger partial charge < -0.3 is 10.6 Å². The third kappa shape index (κ3) is 2.25.